The zero-order valence-corrected chi connectivity index (χ0v) is 13.0. The molecule has 0 bridgehead atoms. The van der Waals surface area contributed by atoms with Crippen molar-refractivity contribution in [2.24, 2.45) is 0 Å². The minimum absolute atomic E-state index is 0.0471. The molecule has 0 atom stereocenters. The zero-order chi connectivity index (χ0) is 15.6. The van der Waals surface area contributed by atoms with E-state index in [-0.39, 0.29) is 16.0 Å². The third kappa shape index (κ3) is 3.68. The molecule has 110 valence electrons. The molecule has 2 aromatic carbocycles. The van der Waals surface area contributed by atoms with E-state index in [0.29, 0.717) is 0 Å². The summed E-state index contributed by atoms with van der Waals surface area (Å²) in [4.78, 5) is 10.9. The van der Waals surface area contributed by atoms with Crippen molar-refractivity contribution in [2.75, 3.05) is 0 Å². The van der Waals surface area contributed by atoms with Crippen LogP contribution in [0, 0.1) is 5.82 Å². The second-order valence-corrected chi connectivity index (χ2v) is 7.23. The van der Waals surface area contributed by atoms with Gasteiger partial charge in [-0.15, -0.1) is 0 Å². The summed E-state index contributed by atoms with van der Waals surface area (Å²) >= 11 is 3.20. The minimum Gasteiger partial charge on any atom is -0.478 e. The molecule has 0 aliphatic heterocycles. The van der Waals surface area contributed by atoms with Crippen LogP contribution in [0.1, 0.15) is 15.9 Å². The highest BCUT2D eigenvalue weighted by molar-refractivity contribution is 9.10. The Morgan fingerprint density at radius 2 is 1.76 bits per heavy atom. The van der Waals surface area contributed by atoms with E-state index in [9.17, 15) is 17.6 Å². The van der Waals surface area contributed by atoms with Gasteiger partial charge in [0.1, 0.15) is 5.82 Å². The van der Waals surface area contributed by atoms with Gasteiger partial charge >= 0.3 is 5.97 Å². The number of rotatable bonds is 4. The van der Waals surface area contributed by atoms with Gasteiger partial charge in [0.05, 0.1) is 16.2 Å². The van der Waals surface area contributed by atoms with E-state index in [4.69, 9.17) is 5.11 Å². The lowest BCUT2D eigenvalue weighted by atomic mass is 10.1. The van der Waals surface area contributed by atoms with Crippen molar-refractivity contribution in [3.63, 3.8) is 0 Å². The highest BCUT2D eigenvalue weighted by Crippen LogP contribution is 2.21. The number of hydrogen-bond donors (Lipinski definition) is 1. The minimum atomic E-state index is -3.75. The first-order valence-electron chi connectivity index (χ1n) is 5.79. The molecule has 0 heterocycles. The van der Waals surface area contributed by atoms with Gasteiger partial charge in [-0.2, -0.15) is 0 Å². The maximum Gasteiger partial charge on any atom is 0.335 e. The van der Waals surface area contributed by atoms with Crippen LogP contribution in [0.5, 0.6) is 0 Å². The summed E-state index contributed by atoms with van der Waals surface area (Å²) < 4.78 is 38.8. The standard InChI is InChI=1S/C14H10BrFO4S/c15-11-2-4-12(5-3-11)21(19,20)8-10-7-9(14(17)18)1-6-13(10)16/h1-7H,8H2,(H,17,18). The first kappa shape index (κ1) is 15.7. The molecule has 0 aliphatic carbocycles. The SMILES string of the molecule is O=C(O)c1ccc(F)c(CS(=O)(=O)c2ccc(Br)cc2)c1. The number of carbonyl (C=O) groups is 1. The van der Waals surface area contributed by atoms with E-state index in [2.05, 4.69) is 15.9 Å². The van der Waals surface area contributed by atoms with E-state index in [0.717, 1.165) is 22.7 Å². The summed E-state index contributed by atoms with van der Waals surface area (Å²) in [5, 5.41) is 8.87. The molecular weight excluding hydrogens is 363 g/mol. The first-order valence-corrected chi connectivity index (χ1v) is 8.24. The van der Waals surface area contributed by atoms with Gasteiger partial charge in [0.2, 0.25) is 0 Å². The first-order chi connectivity index (χ1) is 9.79. The molecule has 0 amide bonds. The quantitative estimate of drug-likeness (QED) is 0.893. The summed E-state index contributed by atoms with van der Waals surface area (Å²) in [6.45, 7) is 0. The van der Waals surface area contributed by atoms with Crippen LogP contribution in [-0.2, 0) is 15.6 Å². The lowest BCUT2D eigenvalue weighted by Crippen LogP contribution is -2.08. The molecule has 0 aromatic heterocycles. The number of carboxylic acid groups (broad SMARTS) is 1. The van der Waals surface area contributed by atoms with E-state index in [1.54, 1.807) is 12.1 Å². The lowest BCUT2D eigenvalue weighted by Gasteiger charge is -2.07. The smallest absolute Gasteiger partial charge is 0.335 e. The fourth-order valence-corrected chi connectivity index (χ4v) is 3.36. The van der Waals surface area contributed by atoms with Crippen molar-refractivity contribution in [1.82, 2.24) is 0 Å². The van der Waals surface area contributed by atoms with Crippen molar-refractivity contribution < 1.29 is 22.7 Å². The molecule has 2 rings (SSSR count). The van der Waals surface area contributed by atoms with Gasteiger partial charge in [0.25, 0.3) is 0 Å². The Kier molecular flexibility index (Phi) is 4.43. The molecular formula is C14H10BrFO4S. The molecule has 4 nitrogen and oxygen atoms in total. The van der Waals surface area contributed by atoms with Crippen molar-refractivity contribution in [2.45, 2.75) is 10.6 Å². The highest BCUT2D eigenvalue weighted by atomic mass is 79.9. The zero-order valence-electron chi connectivity index (χ0n) is 10.6. The number of carboxylic acids is 1. The second-order valence-electron chi connectivity index (χ2n) is 4.32. The molecule has 1 N–H and O–H groups in total. The summed E-state index contributed by atoms with van der Waals surface area (Å²) in [7, 11) is -3.75. The third-order valence-corrected chi connectivity index (χ3v) is 5.02. The van der Waals surface area contributed by atoms with Gasteiger partial charge < -0.3 is 5.11 Å². The topological polar surface area (TPSA) is 71.4 Å². The molecule has 0 spiro atoms. The fourth-order valence-electron chi connectivity index (χ4n) is 1.75. The van der Waals surface area contributed by atoms with Crippen LogP contribution in [0.4, 0.5) is 4.39 Å². The average Bonchev–Trinajstić information content (AvgIpc) is 2.41. The van der Waals surface area contributed by atoms with Gasteiger partial charge in [-0.05, 0) is 42.5 Å². The van der Waals surface area contributed by atoms with Gasteiger partial charge in [0, 0.05) is 10.0 Å². The molecule has 0 saturated carbocycles. The average molecular weight is 373 g/mol. The Bertz CT molecular complexity index is 785. The van der Waals surface area contributed by atoms with Gasteiger partial charge in [-0.3, -0.25) is 0 Å². The summed E-state index contributed by atoms with van der Waals surface area (Å²) in [6.07, 6.45) is 0. The summed E-state index contributed by atoms with van der Waals surface area (Å²) in [5.74, 6) is -2.58. The maximum atomic E-state index is 13.7. The number of aromatic carboxylic acids is 1. The predicted octanol–water partition coefficient (Wildman–Crippen LogP) is 3.26. The van der Waals surface area contributed by atoms with Crippen LogP contribution >= 0.6 is 15.9 Å². The molecule has 0 saturated heterocycles. The van der Waals surface area contributed by atoms with Gasteiger partial charge in [-0.25, -0.2) is 17.6 Å². The monoisotopic (exact) mass is 372 g/mol. The van der Waals surface area contributed by atoms with Crippen LogP contribution in [-0.4, -0.2) is 19.5 Å². The van der Waals surface area contributed by atoms with Gasteiger partial charge in [0.15, 0.2) is 9.84 Å². The fraction of sp³-hybridized carbons (Fsp3) is 0.0714. The Morgan fingerprint density at radius 1 is 1.14 bits per heavy atom. The molecule has 0 aliphatic rings. The van der Waals surface area contributed by atoms with Crippen LogP contribution in [0.3, 0.4) is 0 Å². The van der Waals surface area contributed by atoms with Crippen LogP contribution in [0.2, 0.25) is 0 Å². The van der Waals surface area contributed by atoms with E-state index in [1.807, 2.05) is 0 Å². The molecule has 0 unspecified atom stereocenters. The Morgan fingerprint density at radius 3 is 2.33 bits per heavy atom. The molecule has 21 heavy (non-hydrogen) atoms. The predicted molar refractivity (Wildman–Crippen MR) is 78.4 cm³/mol. The normalized spacial score (nSPS) is 11.3. The number of sulfone groups is 1. The molecule has 0 fully saturated rings. The Balaban J connectivity index is 2.38. The Labute approximate surface area is 129 Å². The molecule has 2 aromatic rings. The largest absolute Gasteiger partial charge is 0.478 e. The summed E-state index contributed by atoms with van der Waals surface area (Å²) in [6, 6.07) is 9.02. The number of hydrogen-bond acceptors (Lipinski definition) is 3. The highest BCUT2D eigenvalue weighted by Gasteiger charge is 2.19. The summed E-state index contributed by atoms with van der Waals surface area (Å²) in [5.41, 5.74) is -0.324. The van der Waals surface area contributed by atoms with Gasteiger partial charge in [-0.1, -0.05) is 15.9 Å². The van der Waals surface area contributed by atoms with E-state index in [1.165, 1.54) is 12.1 Å². The number of benzene rings is 2. The maximum absolute atomic E-state index is 13.7. The molecule has 7 heteroatoms. The van der Waals surface area contributed by atoms with Crippen LogP contribution in [0.15, 0.2) is 51.8 Å². The number of halogens is 2. The van der Waals surface area contributed by atoms with Crippen molar-refractivity contribution in [1.29, 1.82) is 0 Å². The third-order valence-electron chi connectivity index (χ3n) is 2.81. The van der Waals surface area contributed by atoms with Crippen molar-refractivity contribution in [3.05, 3.63) is 63.9 Å². The van der Waals surface area contributed by atoms with E-state index >= 15 is 0 Å². The molecule has 0 radical (unpaired) electrons. The van der Waals surface area contributed by atoms with Crippen molar-refractivity contribution >= 4 is 31.7 Å². The lowest BCUT2D eigenvalue weighted by molar-refractivity contribution is 0.0696. The van der Waals surface area contributed by atoms with Crippen molar-refractivity contribution in [3.8, 4) is 0 Å². The Hall–Kier alpha value is -1.73. The van der Waals surface area contributed by atoms with Crippen LogP contribution in [0.25, 0.3) is 0 Å². The second kappa shape index (κ2) is 5.95. The van der Waals surface area contributed by atoms with Crippen LogP contribution < -0.4 is 0 Å². The van der Waals surface area contributed by atoms with E-state index < -0.39 is 27.4 Å².